The number of nitrogens with one attached hydrogen (secondary N) is 1. The van der Waals surface area contributed by atoms with E-state index in [-0.39, 0.29) is 5.91 Å². The molecule has 1 aromatic heterocycles. The van der Waals surface area contributed by atoms with Crippen molar-refractivity contribution in [2.24, 2.45) is 0 Å². The Morgan fingerprint density at radius 1 is 1.45 bits per heavy atom. The van der Waals surface area contributed by atoms with E-state index in [9.17, 15) is 4.79 Å². The summed E-state index contributed by atoms with van der Waals surface area (Å²) in [6.07, 6.45) is 0.881. The fourth-order valence-electron chi connectivity index (χ4n) is 1.63. The van der Waals surface area contributed by atoms with Gasteiger partial charge in [0.15, 0.2) is 5.75 Å². The van der Waals surface area contributed by atoms with Crippen LogP contribution in [0, 0.1) is 0 Å². The number of nitrogen functional groups attached to an aromatic ring is 1. The Balaban J connectivity index is 2.75. The van der Waals surface area contributed by atoms with E-state index in [0.717, 1.165) is 24.6 Å². The van der Waals surface area contributed by atoms with Crippen molar-refractivity contribution >= 4 is 27.9 Å². The van der Waals surface area contributed by atoms with Crippen molar-refractivity contribution in [2.75, 3.05) is 52.0 Å². The minimum absolute atomic E-state index is 0.117. The molecular formula is C13H23N3O3S. The highest BCUT2D eigenvalue weighted by molar-refractivity contribution is 7.19. The summed E-state index contributed by atoms with van der Waals surface area (Å²) in [5, 5.41) is 4.02. The fourth-order valence-corrected chi connectivity index (χ4v) is 2.77. The second kappa shape index (κ2) is 7.96. The van der Waals surface area contributed by atoms with Gasteiger partial charge >= 0.3 is 0 Å². The molecule has 0 radical (unpaired) electrons. The summed E-state index contributed by atoms with van der Waals surface area (Å²) in [5.41, 5.74) is 6.37. The Kier molecular flexibility index (Phi) is 6.60. The van der Waals surface area contributed by atoms with E-state index >= 15 is 0 Å². The van der Waals surface area contributed by atoms with Crippen LogP contribution in [0.3, 0.4) is 0 Å². The maximum atomic E-state index is 12.0. The Labute approximate surface area is 123 Å². The molecule has 1 amide bonds. The largest absolute Gasteiger partial charge is 0.492 e. The summed E-state index contributed by atoms with van der Waals surface area (Å²) in [4.78, 5) is 14.0. The van der Waals surface area contributed by atoms with Gasteiger partial charge in [0.2, 0.25) is 0 Å². The van der Waals surface area contributed by atoms with Crippen molar-refractivity contribution in [3.05, 3.63) is 4.88 Å². The van der Waals surface area contributed by atoms with Gasteiger partial charge in [0, 0.05) is 33.9 Å². The minimum Gasteiger partial charge on any atom is -0.492 e. The zero-order valence-electron chi connectivity index (χ0n) is 12.5. The van der Waals surface area contributed by atoms with E-state index in [1.165, 1.54) is 16.2 Å². The summed E-state index contributed by atoms with van der Waals surface area (Å²) in [5.74, 6) is 0.421. The van der Waals surface area contributed by atoms with Crippen LogP contribution < -0.4 is 15.8 Å². The molecule has 7 heteroatoms. The number of hydrogen-bond donors (Lipinski definition) is 2. The number of carbonyl (C=O) groups is 1. The summed E-state index contributed by atoms with van der Waals surface area (Å²) in [6.45, 7) is 4.13. The van der Waals surface area contributed by atoms with E-state index < -0.39 is 0 Å². The van der Waals surface area contributed by atoms with E-state index in [1.54, 1.807) is 21.2 Å². The molecule has 20 heavy (non-hydrogen) atoms. The fraction of sp³-hybridized carbons (Fsp3) is 0.615. The second-order valence-corrected chi connectivity index (χ2v) is 5.40. The standard InChI is InChI=1S/C13H23N3O3S/c1-5-19-8-6-7-15-12-10(18-4)9(14)11(20-12)13(17)16(2)3/h15H,5-8,14H2,1-4H3. The first-order chi connectivity index (χ1) is 9.52. The van der Waals surface area contributed by atoms with Gasteiger partial charge in [-0.3, -0.25) is 4.79 Å². The third kappa shape index (κ3) is 4.01. The SMILES string of the molecule is CCOCCCNc1sc(C(=O)N(C)C)c(N)c1OC. The van der Waals surface area contributed by atoms with Crippen molar-refractivity contribution in [1.29, 1.82) is 0 Å². The van der Waals surface area contributed by atoms with Crippen molar-refractivity contribution in [1.82, 2.24) is 4.90 Å². The maximum absolute atomic E-state index is 12.0. The smallest absolute Gasteiger partial charge is 0.265 e. The predicted molar refractivity (Wildman–Crippen MR) is 82.9 cm³/mol. The average Bonchev–Trinajstić information content (AvgIpc) is 2.73. The molecule has 0 unspecified atom stereocenters. The predicted octanol–water partition coefficient (Wildman–Crippen LogP) is 1.88. The van der Waals surface area contributed by atoms with Crippen LogP contribution in [0.4, 0.5) is 10.7 Å². The molecular weight excluding hydrogens is 278 g/mol. The summed E-state index contributed by atoms with van der Waals surface area (Å²) in [7, 11) is 4.94. The van der Waals surface area contributed by atoms with Crippen LogP contribution in [0.5, 0.6) is 5.75 Å². The van der Waals surface area contributed by atoms with E-state index in [0.29, 0.717) is 22.9 Å². The number of hydrogen-bond acceptors (Lipinski definition) is 6. The highest BCUT2D eigenvalue weighted by Gasteiger charge is 2.22. The van der Waals surface area contributed by atoms with Crippen LogP contribution in [0.15, 0.2) is 0 Å². The van der Waals surface area contributed by atoms with Gasteiger partial charge in [-0.1, -0.05) is 0 Å². The van der Waals surface area contributed by atoms with E-state index in [1.807, 2.05) is 6.92 Å². The van der Waals surface area contributed by atoms with Crippen LogP contribution in [-0.2, 0) is 4.74 Å². The minimum atomic E-state index is -0.117. The molecule has 0 bridgehead atoms. The first kappa shape index (κ1) is 16.6. The molecule has 0 fully saturated rings. The number of thiophene rings is 1. The lowest BCUT2D eigenvalue weighted by Crippen LogP contribution is -2.21. The molecule has 1 heterocycles. The van der Waals surface area contributed by atoms with Gasteiger partial charge in [-0.15, -0.1) is 11.3 Å². The van der Waals surface area contributed by atoms with Gasteiger partial charge in [0.05, 0.1) is 7.11 Å². The van der Waals surface area contributed by atoms with Crippen LogP contribution in [0.25, 0.3) is 0 Å². The Morgan fingerprint density at radius 2 is 2.15 bits per heavy atom. The third-order valence-electron chi connectivity index (χ3n) is 2.66. The van der Waals surface area contributed by atoms with Gasteiger partial charge in [-0.2, -0.15) is 0 Å². The summed E-state index contributed by atoms with van der Waals surface area (Å²) in [6, 6.07) is 0. The number of ether oxygens (including phenoxy) is 2. The zero-order chi connectivity index (χ0) is 15.1. The van der Waals surface area contributed by atoms with Crippen molar-refractivity contribution in [2.45, 2.75) is 13.3 Å². The number of anilines is 2. The molecule has 0 aromatic carbocycles. The number of nitrogens with two attached hydrogens (primary N) is 1. The molecule has 3 N–H and O–H groups in total. The average molecular weight is 301 g/mol. The van der Waals surface area contributed by atoms with Gasteiger partial charge in [0.1, 0.15) is 15.6 Å². The number of nitrogens with zero attached hydrogens (tertiary/aromatic N) is 1. The highest BCUT2D eigenvalue weighted by atomic mass is 32.1. The molecule has 0 aliphatic rings. The van der Waals surface area contributed by atoms with Gasteiger partial charge in [-0.25, -0.2) is 0 Å². The molecule has 1 rings (SSSR count). The van der Waals surface area contributed by atoms with E-state index in [4.69, 9.17) is 15.2 Å². The molecule has 0 saturated carbocycles. The van der Waals surface area contributed by atoms with Crippen LogP contribution in [0.1, 0.15) is 23.0 Å². The number of methoxy groups -OCH3 is 1. The molecule has 0 saturated heterocycles. The quantitative estimate of drug-likeness (QED) is 0.717. The van der Waals surface area contributed by atoms with Crippen molar-refractivity contribution in [3.63, 3.8) is 0 Å². The number of rotatable bonds is 8. The molecule has 6 nitrogen and oxygen atoms in total. The van der Waals surface area contributed by atoms with Gasteiger partial charge < -0.3 is 25.4 Å². The topological polar surface area (TPSA) is 76.8 Å². The van der Waals surface area contributed by atoms with Gasteiger partial charge in [-0.05, 0) is 13.3 Å². The highest BCUT2D eigenvalue weighted by Crippen LogP contribution is 2.42. The molecule has 0 aliphatic carbocycles. The molecule has 0 atom stereocenters. The zero-order valence-corrected chi connectivity index (χ0v) is 13.3. The Hall–Kier alpha value is -1.47. The molecule has 114 valence electrons. The van der Waals surface area contributed by atoms with Crippen LogP contribution >= 0.6 is 11.3 Å². The third-order valence-corrected chi connectivity index (χ3v) is 3.79. The second-order valence-electron chi connectivity index (χ2n) is 4.38. The first-order valence-corrected chi connectivity index (χ1v) is 7.34. The van der Waals surface area contributed by atoms with E-state index in [2.05, 4.69) is 5.32 Å². The van der Waals surface area contributed by atoms with Crippen LogP contribution in [0.2, 0.25) is 0 Å². The first-order valence-electron chi connectivity index (χ1n) is 6.52. The molecule has 1 aromatic rings. The Bertz CT molecular complexity index is 446. The van der Waals surface area contributed by atoms with Crippen molar-refractivity contribution in [3.8, 4) is 5.75 Å². The normalized spacial score (nSPS) is 10.4. The number of amides is 1. The summed E-state index contributed by atoms with van der Waals surface area (Å²) < 4.78 is 10.6. The lowest BCUT2D eigenvalue weighted by Gasteiger charge is -2.08. The molecule has 0 spiro atoms. The monoisotopic (exact) mass is 301 g/mol. The van der Waals surface area contributed by atoms with Crippen LogP contribution in [-0.4, -0.2) is 51.8 Å². The summed E-state index contributed by atoms with van der Waals surface area (Å²) >= 11 is 1.32. The van der Waals surface area contributed by atoms with Crippen molar-refractivity contribution < 1.29 is 14.3 Å². The lowest BCUT2D eigenvalue weighted by molar-refractivity contribution is 0.0833. The molecule has 0 aliphatic heterocycles. The Morgan fingerprint density at radius 3 is 2.70 bits per heavy atom. The number of carbonyl (C=O) groups excluding carboxylic acids is 1. The maximum Gasteiger partial charge on any atom is 0.265 e. The lowest BCUT2D eigenvalue weighted by atomic mass is 10.3. The van der Waals surface area contributed by atoms with Gasteiger partial charge in [0.25, 0.3) is 5.91 Å².